The number of sulfonamides is 1. The summed E-state index contributed by atoms with van der Waals surface area (Å²) < 4.78 is 35.8. The molecule has 0 spiro atoms. The van der Waals surface area contributed by atoms with Crippen molar-refractivity contribution >= 4 is 15.9 Å². The van der Waals surface area contributed by atoms with Gasteiger partial charge < -0.3 is 9.47 Å². The zero-order chi connectivity index (χ0) is 19.2. The van der Waals surface area contributed by atoms with Gasteiger partial charge in [-0.1, -0.05) is 0 Å². The second kappa shape index (κ2) is 6.67. The van der Waals surface area contributed by atoms with Gasteiger partial charge in [-0.2, -0.15) is 0 Å². The summed E-state index contributed by atoms with van der Waals surface area (Å²) in [5.74, 6) is 2.20. The molecule has 1 aromatic rings. The SMILES string of the molecule is COc1ccc(OC)c(S(=O)(=O)NNC(=O)C23CC4CC(CC(C4)C2)C3)c1. The van der Waals surface area contributed by atoms with Gasteiger partial charge in [0.1, 0.15) is 16.4 Å². The van der Waals surface area contributed by atoms with Crippen LogP contribution in [0, 0.1) is 23.2 Å². The van der Waals surface area contributed by atoms with Gasteiger partial charge in [0.05, 0.1) is 19.6 Å². The van der Waals surface area contributed by atoms with Crippen molar-refractivity contribution in [3.63, 3.8) is 0 Å². The first-order valence-electron chi connectivity index (χ1n) is 9.39. The summed E-state index contributed by atoms with van der Waals surface area (Å²) in [6, 6.07) is 4.51. The molecule has 4 aliphatic carbocycles. The van der Waals surface area contributed by atoms with Crippen molar-refractivity contribution in [3.05, 3.63) is 18.2 Å². The fraction of sp³-hybridized carbons (Fsp3) is 0.632. The molecule has 4 bridgehead atoms. The Morgan fingerprint density at radius 1 is 1.04 bits per heavy atom. The van der Waals surface area contributed by atoms with Crippen LogP contribution in [0.4, 0.5) is 0 Å². The lowest BCUT2D eigenvalue weighted by Crippen LogP contribution is -2.56. The molecule has 2 N–H and O–H groups in total. The van der Waals surface area contributed by atoms with E-state index in [-0.39, 0.29) is 16.6 Å². The molecular formula is C19H26N2O5S. The molecule has 27 heavy (non-hydrogen) atoms. The third-order valence-electron chi connectivity index (χ3n) is 6.48. The van der Waals surface area contributed by atoms with Crippen molar-refractivity contribution in [2.24, 2.45) is 23.2 Å². The molecule has 4 aliphatic rings. The maximum atomic E-state index is 13.0. The number of carbonyl (C=O) groups excluding carboxylic acids is 1. The zero-order valence-corrected chi connectivity index (χ0v) is 16.5. The Morgan fingerprint density at radius 2 is 1.63 bits per heavy atom. The van der Waals surface area contributed by atoms with Crippen LogP contribution in [0.3, 0.4) is 0 Å². The van der Waals surface area contributed by atoms with Crippen molar-refractivity contribution in [2.45, 2.75) is 43.4 Å². The molecule has 5 rings (SSSR count). The molecule has 148 valence electrons. The summed E-state index contributed by atoms with van der Waals surface area (Å²) in [6.45, 7) is 0. The highest BCUT2D eigenvalue weighted by atomic mass is 32.2. The average molecular weight is 394 g/mol. The lowest BCUT2D eigenvalue weighted by molar-refractivity contribution is -0.146. The van der Waals surface area contributed by atoms with E-state index in [1.807, 2.05) is 0 Å². The van der Waals surface area contributed by atoms with Crippen LogP contribution >= 0.6 is 0 Å². The molecule has 0 aliphatic heterocycles. The number of methoxy groups -OCH3 is 2. The number of nitrogens with one attached hydrogen (secondary N) is 2. The van der Waals surface area contributed by atoms with Gasteiger partial charge in [-0.15, -0.1) is 4.83 Å². The number of amides is 1. The summed E-state index contributed by atoms with van der Waals surface area (Å²) in [5.41, 5.74) is 2.07. The van der Waals surface area contributed by atoms with Crippen molar-refractivity contribution in [2.75, 3.05) is 14.2 Å². The van der Waals surface area contributed by atoms with Crippen LogP contribution in [-0.4, -0.2) is 28.5 Å². The number of rotatable bonds is 6. The highest BCUT2D eigenvalue weighted by Gasteiger charge is 2.54. The van der Waals surface area contributed by atoms with E-state index in [1.54, 1.807) is 6.07 Å². The predicted octanol–water partition coefficient (Wildman–Crippen LogP) is 2.23. The topological polar surface area (TPSA) is 93.7 Å². The quantitative estimate of drug-likeness (QED) is 0.722. The molecule has 4 fully saturated rings. The van der Waals surface area contributed by atoms with Gasteiger partial charge in [-0.25, -0.2) is 8.42 Å². The van der Waals surface area contributed by atoms with Crippen LogP contribution in [-0.2, 0) is 14.8 Å². The number of benzene rings is 1. The van der Waals surface area contributed by atoms with Crippen LogP contribution < -0.4 is 19.7 Å². The van der Waals surface area contributed by atoms with Crippen molar-refractivity contribution in [1.82, 2.24) is 10.3 Å². The van der Waals surface area contributed by atoms with Crippen molar-refractivity contribution < 1.29 is 22.7 Å². The fourth-order valence-electron chi connectivity index (χ4n) is 5.68. The lowest BCUT2D eigenvalue weighted by atomic mass is 9.49. The van der Waals surface area contributed by atoms with Crippen molar-refractivity contribution in [3.8, 4) is 11.5 Å². The molecule has 0 radical (unpaired) electrons. The van der Waals surface area contributed by atoms with E-state index in [2.05, 4.69) is 10.3 Å². The summed E-state index contributed by atoms with van der Waals surface area (Å²) in [4.78, 5) is 15.1. The minimum Gasteiger partial charge on any atom is -0.497 e. The molecule has 0 unspecified atom stereocenters. The van der Waals surface area contributed by atoms with E-state index >= 15 is 0 Å². The van der Waals surface area contributed by atoms with Gasteiger partial charge >= 0.3 is 0 Å². The third kappa shape index (κ3) is 3.29. The number of hydrogen-bond donors (Lipinski definition) is 2. The fourth-order valence-corrected chi connectivity index (χ4v) is 6.71. The Hall–Kier alpha value is -1.80. The largest absolute Gasteiger partial charge is 0.497 e. The Bertz CT molecular complexity index is 816. The molecule has 0 heterocycles. The van der Waals surface area contributed by atoms with E-state index in [0.29, 0.717) is 23.5 Å². The first-order chi connectivity index (χ1) is 12.8. The number of carbonyl (C=O) groups is 1. The number of hydrogen-bond acceptors (Lipinski definition) is 5. The molecule has 0 saturated heterocycles. The van der Waals surface area contributed by atoms with Crippen LogP contribution in [0.2, 0.25) is 0 Å². The Kier molecular flexibility index (Phi) is 4.58. The number of ether oxygens (including phenoxy) is 2. The van der Waals surface area contributed by atoms with Crippen LogP contribution in [0.15, 0.2) is 23.1 Å². The molecule has 8 heteroatoms. The lowest BCUT2D eigenvalue weighted by Gasteiger charge is -2.55. The summed E-state index contributed by atoms with van der Waals surface area (Å²) in [6.07, 6.45) is 6.27. The monoisotopic (exact) mass is 394 g/mol. The van der Waals surface area contributed by atoms with E-state index in [0.717, 1.165) is 19.3 Å². The van der Waals surface area contributed by atoms with Gasteiger partial charge in [-0.05, 0) is 68.4 Å². The molecule has 7 nitrogen and oxygen atoms in total. The van der Waals surface area contributed by atoms with Gasteiger partial charge in [0, 0.05) is 6.07 Å². The first kappa shape index (κ1) is 18.6. The Labute approximate surface area is 159 Å². The van der Waals surface area contributed by atoms with Crippen LogP contribution in [0.1, 0.15) is 38.5 Å². The molecular weight excluding hydrogens is 368 g/mol. The molecule has 0 atom stereocenters. The van der Waals surface area contributed by atoms with E-state index in [9.17, 15) is 13.2 Å². The average Bonchev–Trinajstić information content (AvgIpc) is 2.64. The Balaban J connectivity index is 1.51. The molecule has 0 aromatic heterocycles. The van der Waals surface area contributed by atoms with Crippen molar-refractivity contribution in [1.29, 1.82) is 0 Å². The standard InChI is InChI=1S/C19H26N2O5S/c1-25-15-3-4-16(26-2)17(8-15)27(23,24)21-20-18(22)19-9-12-5-13(10-19)7-14(6-12)11-19/h3-4,8,12-14,21H,5-7,9-11H2,1-2H3,(H,20,22). The van der Waals surface area contributed by atoms with Crippen LogP contribution in [0.25, 0.3) is 0 Å². The summed E-state index contributed by atoms with van der Waals surface area (Å²) >= 11 is 0. The molecule has 4 saturated carbocycles. The summed E-state index contributed by atoms with van der Waals surface area (Å²) in [5, 5.41) is 0. The summed E-state index contributed by atoms with van der Waals surface area (Å²) in [7, 11) is -1.13. The van der Waals surface area contributed by atoms with Crippen LogP contribution in [0.5, 0.6) is 11.5 Å². The smallest absolute Gasteiger partial charge is 0.261 e. The second-order valence-electron chi connectivity index (χ2n) is 8.27. The minimum absolute atomic E-state index is 0.0739. The van der Waals surface area contributed by atoms with Gasteiger partial charge in [0.2, 0.25) is 5.91 Å². The molecule has 1 amide bonds. The molecule has 1 aromatic carbocycles. The van der Waals surface area contributed by atoms with E-state index < -0.39 is 15.4 Å². The van der Waals surface area contributed by atoms with E-state index in [1.165, 1.54) is 45.6 Å². The highest BCUT2D eigenvalue weighted by molar-refractivity contribution is 7.89. The van der Waals surface area contributed by atoms with Gasteiger partial charge in [0.15, 0.2) is 0 Å². The predicted molar refractivity (Wildman–Crippen MR) is 98.6 cm³/mol. The normalized spacial score (nSPS) is 31.6. The maximum absolute atomic E-state index is 13.0. The highest BCUT2D eigenvalue weighted by Crippen LogP contribution is 2.60. The van der Waals surface area contributed by atoms with Gasteiger partial charge in [0.25, 0.3) is 10.0 Å². The maximum Gasteiger partial charge on any atom is 0.261 e. The second-order valence-corrected chi connectivity index (χ2v) is 9.93. The third-order valence-corrected chi connectivity index (χ3v) is 7.75. The van der Waals surface area contributed by atoms with Gasteiger partial charge in [-0.3, -0.25) is 10.2 Å². The zero-order valence-electron chi connectivity index (χ0n) is 15.7. The number of hydrazine groups is 1. The first-order valence-corrected chi connectivity index (χ1v) is 10.9. The minimum atomic E-state index is -3.99. The van der Waals surface area contributed by atoms with E-state index in [4.69, 9.17) is 9.47 Å². The Morgan fingerprint density at radius 3 is 2.15 bits per heavy atom.